The summed E-state index contributed by atoms with van der Waals surface area (Å²) in [6, 6.07) is 8.36. The van der Waals surface area contributed by atoms with Crippen LogP contribution in [0, 0.1) is 0 Å². The highest BCUT2D eigenvalue weighted by atomic mass is 32.2. The maximum Gasteiger partial charge on any atom is 0.162 e. The molecule has 0 aliphatic heterocycles. The summed E-state index contributed by atoms with van der Waals surface area (Å²) in [6.45, 7) is 0. The molecule has 1 N–H and O–H groups in total. The van der Waals surface area contributed by atoms with E-state index in [4.69, 9.17) is 14.2 Å². The largest absolute Gasteiger partial charge is 0.755 e. The van der Waals surface area contributed by atoms with Crippen LogP contribution in [0.1, 0.15) is 0 Å². The van der Waals surface area contributed by atoms with E-state index >= 15 is 0 Å². The molecule has 0 saturated heterocycles. The molecule has 2 heterocycles. The zero-order valence-corrected chi connectivity index (χ0v) is 14.2. The molecule has 0 aliphatic rings. The zero-order chi connectivity index (χ0) is 17.8. The Labute approximate surface area is 146 Å². The van der Waals surface area contributed by atoms with Gasteiger partial charge in [0.15, 0.2) is 11.5 Å². The Bertz CT molecular complexity index is 918. The first kappa shape index (κ1) is 16.9. The monoisotopic (exact) mass is 360 g/mol. The standard InChI is InChI=1S/C16H15N3O5S/c1-22-14-7-11-12(8-15(14)23-2)17-6-5-13(11)24-10-3-4-16(18-9-10)19-25(20)21/h3-9H,1-2H3,(H,18,19)(H,20,21)/p-1. The molecule has 1 atom stereocenters. The molecular weight excluding hydrogens is 346 g/mol. The Morgan fingerprint density at radius 2 is 1.80 bits per heavy atom. The molecule has 1 aromatic carbocycles. The number of fused-ring (bicyclic) bond motifs is 1. The Hall–Kier alpha value is -2.91. The number of hydrogen-bond donors (Lipinski definition) is 1. The molecule has 25 heavy (non-hydrogen) atoms. The molecule has 3 rings (SSSR count). The van der Waals surface area contributed by atoms with Crippen molar-refractivity contribution in [2.24, 2.45) is 0 Å². The van der Waals surface area contributed by atoms with E-state index in [9.17, 15) is 8.76 Å². The minimum Gasteiger partial charge on any atom is -0.755 e. The highest BCUT2D eigenvalue weighted by Gasteiger charge is 2.11. The number of anilines is 1. The molecule has 0 spiro atoms. The van der Waals surface area contributed by atoms with E-state index in [1.807, 2.05) is 0 Å². The van der Waals surface area contributed by atoms with Gasteiger partial charge in [-0.05, 0) is 24.3 Å². The number of benzene rings is 1. The highest BCUT2D eigenvalue weighted by Crippen LogP contribution is 2.36. The molecule has 0 saturated carbocycles. The predicted molar refractivity (Wildman–Crippen MR) is 91.7 cm³/mol. The molecule has 0 bridgehead atoms. The first-order valence-corrected chi connectivity index (χ1v) is 8.19. The number of hydrogen-bond acceptors (Lipinski definition) is 7. The van der Waals surface area contributed by atoms with Gasteiger partial charge in [0.2, 0.25) is 0 Å². The number of rotatable bonds is 6. The fraction of sp³-hybridized carbons (Fsp3) is 0.125. The number of pyridine rings is 2. The SMILES string of the molecule is COc1cc2nccc(Oc3ccc(NS(=O)[O-])nc3)c2cc1OC. The summed E-state index contributed by atoms with van der Waals surface area (Å²) in [7, 11) is 3.11. The van der Waals surface area contributed by atoms with Crippen LogP contribution in [0.3, 0.4) is 0 Å². The van der Waals surface area contributed by atoms with Crippen LogP contribution in [0.5, 0.6) is 23.0 Å². The molecular formula is C16H14N3O5S-. The zero-order valence-electron chi connectivity index (χ0n) is 13.4. The molecule has 3 aromatic rings. The van der Waals surface area contributed by atoms with E-state index < -0.39 is 11.3 Å². The van der Waals surface area contributed by atoms with Crippen LogP contribution in [0.25, 0.3) is 10.9 Å². The second-order valence-corrected chi connectivity index (χ2v) is 5.52. The molecule has 130 valence electrons. The second-order valence-electron chi connectivity index (χ2n) is 4.85. The number of nitrogens with one attached hydrogen (secondary N) is 1. The van der Waals surface area contributed by atoms with Crippen molar-refractivity contribution in [2.75, 3.05) is 18.9 Å². The third-order valence-corrected chi connectivity index (χ3v) is 3.73. The molecule has 1 unspecified atom stereocenters. The topological polar surface area (TPSA) is 106 Å². The summed E-state index contributed by atoms with van der Waals surface area (Å²) in [4.78, 5) is 8.27. The van der Waals surface area contributed by atoms with E-state index in [-0.39, 0.29) is 5.82 Å². The average Bonchev–Trinajstić information content (AvgIpc) is 2.62. The highest BCUT2D eigenvalue weighted by molar-refractivity contribution is 7.80. The lowest BCUT2D eigenvalue weighted by atomic mass is 10.2. The van der Waals surface area contributed by atoms with Crippen LogP contribution in [0.2, 0.25) is 0 Å². The van der Waals surface area contributed by atoms with Gasteiger partial charge in [-0.1, -0.05) is 0 Å². The van der Waals surface area contributed by atoms with Crippen molar-refractivity contribution in [3.8, 4) is 23.0 Å². The molecule has 8 nitrogen and oxygen atoms in total. The van der Waals surface area contributed by atoms with E-state index in [1.165, 1.54) is 12.3 Å². The van der Waals surface area contributed by atoms with Crippen molar-refractivity contribution in [2.45, 2.75) is 0 Å². The van der Waals surface area contributed by atoms with E-state index in [2.05, 4.69) is 14.7 Å². The van der Waals surface area contributed by atoms with Gasteiger partial charge in [0.1, 0.15) is 17.3 Å². The van der Waals surface area contributed by atoms with Crippen LogP contribution in [-0.4, -0.2) is 32.9 Å². The Kier molecular flexibility index (Phi) is 4.96. The van der Waals surface area contributed by atoms with E-state index in [1.54, 1.807) is 44.7 Å². The minimum absolute atomic E-state index is 0.201. The van der Waals surface area contributed by atoms with Gasteiger partial charge in [0.25, 0.3) is 0 Å². The first-order valence-electron chi connectivity index (χ1n) is 7.11. The van der Waals surface area contributed by atoms with Gasteiger partial charge in [-0.25, -0.2) is 4.98 Å². The first-order chi connectivity index (χ1) is 12.1. The van der Waals surface area contributed by atoms with Crippen LogP contribution >= 0.6 is 0 Å². The van der Waals surface area contributed by atoms with Crippen molar-refractivity contribution in [1.29, 1.82) is 0 Å². The van der Waals surface area contributed by atoms with E-state index in [0.29, 0.717) is 28.5 Å². The third-order valence-electron chi connectivity index (χ3n) is 3.36. The molecule has 0 fully saturated rings. The molecule has 0 aliphatic carbocycles. The van der Waals surface area contributed by atoms with Crippen LogP contribution < -0.4 is 18.9 Å². The Morgan fingerprint density at radius 3 is 2.44 bits per heavy atom. The summed E-state index contributed by atoms with van der Waals surface area (Å²) < 4.78 is 39.8. The van der Waals surface area contributed by atoms with Crippen molar-refractivity contribution in [3.05, 3.63) is 42.7 Å². The molecule has 9 heteroatoms. The predicted octanol–water partition coefficient (Wildman–Crippen LogP) is 2.65. The quantitative estimate of drug-likeness (QED) is 0.674. The van der Waals surface area contributed by atoms with Crippen LogP contribution in [-0.2, 0) is 11.3 Å². The second kappa shape index (κ2) is 7.32. The van der Waals surface area contributed by atoms with Crippen LogP contribution in [0.4, 0.5) is 5.82 Å². The Morgan fingerprint density at radius 1 is 1.04 bits per heavy atom. The lowest BCUT2D eigenvalue weighted by Crippen LogP contribution is -2.03. The maximum atomic E-state index is 10.6. The van der Waals surface area contributed by atoms with Gasteiger partial charge in [-0.2, -0.15) is 0 Å². The third kappa shape index (κ3) is 3.78. The normalized spacial score (nSPS) is 11.8. The maximum absolute atomic E-state index is 10.6. The average molecular weight is 360 g/mol. The van der Waals surface area contributed by atoms with E-state index in [0.717, 1.165) is 5.39 Å². The fourth-order valence-electron chi connectivity index (χ4n) is 2.25. The summed E-state index contributed by atoms with van der Waals surface area (Å²) in [6.07, 6.45) is 3.04. The molecule has 0 amide bonds. The summed E-state index contributed by atoms with van der Waals surface area (Å²) >= 11 is -2.42. The van der Waals surface area contributed by atoms with Crippen LogP contribution in [0.15, 0.2) is 42.7 Å². The lowest BCUT2D eigenvalue weighted by Gasteiger charge is -2.12. The van der Waals surface area contributed by atoms with Crippen molar-refractivity contribution >= 4 is 28.0 Å². The molecule has 0 radical (unpaired) electrons. The van der Waals surface area contributed by atoms with Gasteiger partial charge in [0.05, 0.1) is 25.9 Å². The van der Waals surface area contributed by atoms with Gasteiger partial charge >= 0.3 is 0 Å². The minimum atomic E-state index is -2.42. The van der Waals surface area contributed by atoms with Crippen molar-refractivity contribution in [1.82, 2.24) is 9.97 Å². The number of methoxy groups -OCH3 is 2. The lowest BCUT2D eigenvalue weighted by molar-refractivity contribution is 0.355. The van der Waals surface area contributed by atoms with Gasteiger partial charge in [-0.3, -0.25) is 9.19 Å². The summed E-state index contributed by atoms with van der Waals surface area (Å²) in [5.41, 5.74) is 0.683. The molecule has 2 aromatic heterocycles. The smallest absolute Gasteiger partial charge is 0.162 e. The Balaban J connectivity index is 1.94. The fourth-order valence-corrected chi connectivity index (χ4v) is 2.54. The van der Waals surface area contributed by atoms with Gasteiger partial charge in [-0.15, -0.1) is 0 Å². The van der Waals surface area contributed by atoms with Crippen molar-refractivity contribution < 1.29 is 23.0 Å². The summed E-state index contributed by atoms with van der Waals surface area (Å²) in [5, 5.41) is 0.739. The number of aromatic nitrogens is 2. The van der Waals surface area contributed by atoms with Crippen molar-refractivity contribution in [3.63, 3.8) is 0 Å². The number of ether oxygens (including phenoxy) is 3. The van der Waals surface area contributed by atoms with Gasteiger partial charge in [0, 0.05) is 28.9 Å². The summed E-state index contributed by atoms with van der Waals surface area (Å²) in [5.74, 6) is 2.34. The number of nitrogens with zero attached hydrogens (tertiary/aromatic N) is 2. The van der Waals surface area contributed by atoms with Gasteiger partial charge < -0.3 is 23.5 Å².